The molecule has 6 nitrogen and oxygen atoms in total. The van der Waals surface area contributed by atoms with Gasteiger partial charge in [-0.25, -0.2) is 4.98 Å². The molecule has 2 N–H and O–H groups in total. The first-order valence-corrected chi connectivity index (χ1v) is 9.48. The molecule has 2 aromatic rings. The third-order valence-corrected chi connectivity index (χ3v) is 5.22. The van der Waals surface area contributed by atoms with Gasteiger partial charge in [0, 0.05) is 42.8 Å². The number of hydrogen-bond donors (Lipinski definition) is 2. The van der Waals surface area contributed by atoms with Gasteiger partial charge in [-0.1, -0.05) is 18.7 Å². The molecular formula is C19H22N4O2S. The molecule has 2 amide bonds. The number of nitrogens with zero attached hydrogens (tertiary/aromatic N) is 2. The first kappa shape index (κ1) is 18.1. The highest BCUT2D eigenvalue weighted by Crippen LogP contribution is 2.22. The molecule has 1 aliphatic heterocycles. The maximum atomic E-state index is 12.4. The van der Waals surface area contributed by atoms with E-state index < -0.39 is 0 Å². The molecule has 2 heterocycles. The quantitative estimate of drug-likeness (QED) is 0.766. The molecule has 0 aliphatic carbocycles. The number of piperidine rings is 1. The molecule has 1 aliphatic rings. The minimum absolute atomic E-state index is 0.0561. The number of carbonyl (C=O) groups is 2. The third kappa shape index (κ3) is 4.70. The van der Waals surface area contributed by atoms with E-state index in [1.807, 2.05) is 23.7 Å². The number of aromatic nitrogens is 1. The van der Waals surface area contributed by atoms with Gasteiger partial charge < -0.3 is 15.5 Å². The minimum Gasteiger partial charge on any atom is -0.349 e. The Balaban J connectivity index is 1.47. The number of anilines is 1. The molecule has 1 fully saturated rings. The van der Waals surface area contributed by atoms with Crippen LogP contribution in [-0.2, 0) is 11.3 Å². The summed E-state index contributed by atoms with van der Waals surface area (Å²) in [5.74, 6) is -0.268. The van der Waals surface area contributed by atoms with Crippen LogP contribution in [-0.4, -0.2) is 35.9 Å². The fourth-order valence-electron chi connectivity index (χ4n) is 2.89. The van der Waals surface area contributed by atoms with E-state index in [0.29, 0.717) is 12.1 Å². The summed E-state index contributed by atoms with van der Waals surface area (Å²) in [6, 6.07) is 7.46. The van der Waals surface area contributed by atoms with Gasteiger partial charge >= 0.3 is 0 Å². The van der Waals surface area contributed by atoms with Gasteiger partial charge in [-0.15, -0.1) is 11.3 Å². The van der Waals surface area contributed by atoms with Crippen LogP contribution in [0.3, 0.4) is 0 Å². The SMILES string of the molecule is C=CC(=O)NCc1ccc(C(=O)NC2CCN(c3nccs3)CC2)cc1. The van der Waals surface area contributed by atoms with Gasteiger partial charge in [-0.2, -0.15) is 0 Å². The molecule has 26 heavy (non-hydrogen) atoms. The third-order valence-electron chi connectivity index (χ3n) is 4.39. The predicted octanol–water partition coefficient (Wildman–Crippen LogP) is 2.34. The Hall–Kier alpha value is -2.67. The number of rotatable bonds is 6. The Labute approximate surface area is 156 Å². The average Bonchev–Trinajstić information content (AvgIpc) is 3.22. The van der Waals surface area contributed by atoms with Crippen molar-refractivity contribution in [3.8, 4) is 0 Å². The van der Waals surface area contributed by atoms with Crippen LogP contribution in [0.15, 0.2) is 48.5 Å². The first-order valence-electron chi connectivity index (χ1n) is 8.60. The predicted molar refractivity (Wildman–Crippen MR) is 103 cm³/mol. The van der Waals surface area contributed by atoms with Crippen molar-refractivity contribution in [3.05, 3.63) is 59.6 Å². The first-order chi connectivity index (χ1) is 12.7. The van der Waals surface area contributed by atoms with E-state index in [0.717, 1.165) is 36.6 Å². The summed E-state index contributed by atoms with van der Waals surface area (Å²) >= 11 is 1.65. The lowest BCUT2D eigenvalue weighted by Crippen LogP contribution is -2.44. The van der Waals surface area contributed by atoms with Crippen molar-refractivity contribution >= 4 is 28.3 Å². The molecule has 0 unspecified atom stereocenters. The lowest BCUT2D eigenvalue weighted by molar-refractivity contribution is -0.116. The van der Waals surface area contributed by atoms with Crippen LogP contribution in [0.2, 0.25) is 0 Å². The largest absolute Gasteiger partial charge is 0.349 e. The summed E-state index contributed by atoms with van der Waals surface area (Å²) in [6.07, 6.45) is 4.88. The topological polar surface area (TPSA) is 74.3 Å². The standard InChI is InChI=1S/C19H22N4O2S/c1-2-17(24)21-13-14-3-5-15(6-4-14)18(25)22-16-7-10-23(11-8-16)19-20-9-12-26-19/h2-6,9,12,16H,1,7-8,10-11,13H2,(H,21,24)(H,22,25). The van der Waals surface area contributed by atoms with Gasteiger partial charge in [0.05, 0.1) is 0 Å². The fraction of sp³-hybridized carbons (Fsp3) is 0.316. The zero-order valence-electron chi connectivity index (χ0n) is 14.5. The molecule has 1 aromatic heterocycles. The molecule has 0 spiro atoms. The monoisotopic (exact) mass is 370 g/mol. The van der Waals surface area contributed by atoms with Crippen LogP contribution in [0.1, 0.15) is 28.8 Å². The van der Waals surface area contributed by atoms with E-state index >= 15 is 0 Å². The summed E-state index contributed by atoms with van der Waals surface area (Å²) in [6.45, 7) is 5.64. The Bertz CT molecular complexity index is 750. The van der Waals surface area contributed by atoms with Crippen LogP contribution in [0.4, 0.5) is 5.13 Å². The van der Waals surface area contributed by atoms with Crippen molar-refractivity contribution in [3.63, 3.8) is 0 Å². The van der Waals surface area contributed by atoms with Gasteiger partial charge in [0.25, 0.3) is 5.91 Å². The highest BCUT2D eigenvalue weighted by molar-refractivity contribution is 7.13. The van der Waals surface area contributed by atoms with E-state index in [1.54, 1.807) is 23.5 Å². The summed E-state index contributed by atoms with van der Waals surface area (Å²) in [5.41, 5.74) is 1.57. The lowest BCUT2D eigenvalue weighted by atomic mass is 10.0. The van der Waals surface area contributed by atoms with Crippen LogP contribution in [0, 0.1) is 0 Å². The second kappa shape index (κ2) is 8.62. The van der Waals surface area contributed by atoms with E-state index in [1.165, 1.54) is 6.08 Å². The fourth-order valence-corrected chi connectivity index (χ4v) is 3.59. The number of benzene rings is 1. The Morgan fingerprint density at radius 1 is 1.27 bits per heavy atom. The number of amides is 2. The molecule has 0 atom stereocenters. The van der Waals surface area contributed by atoms with Crippen LogP contribution in [0.25, 0.3) is 0 Å². The van der Waals surface area contributed by atoms with Crippen LogP contribution in [0.5, 0.6) is 0 Å². The van der Waals surface area contributed by atoms with Crippen molar-refractivity contribution in [1.82, 2.24) is 15.6 Å². The Morgan fingerprint density at radius 3 is 2.62 bits per heavy atom. The molecule has 0 saturated carbocycles. The molecule has 1 aromatic carbocycles. The molecule has 1 saturated heterocycles. The van der Waals surface area contributed by atoms with E-state index in [4.69, 9.17) is 0 Å². The molecule has 0 radical (unpaired) electrons. The summed E-state index contributed by atoms with van der Waals surface area (Å²) in [4.78, 5) is 30.2. The van der Waals surface area contributed by atoms with Crippen molar-refractivity contribution in [2.24, 2.45) is 0 Å². The van der Waals surface area contributed by atoms with Gasteiger partial charge in [0.2, 0.25) is 5.91 Å². The van der Waals surface area contributed by atoms with Crippen molar-refractivity contribution in [2.75, 3.05) is 18.0 Å². The second-order valence-electron chi connectivity index (χ2n) is 6.17. The van der Waals surface area contributed by atoms with Gasteiger partial charge in [0.15, 0.2) is 5.13 Å². The smallest absolute Gasteiger partial charge is 0.251 e. The Morgan fingerprint density at radius 2 is 2.00 bits per heavy atom. The normalized spacial score (nSPS) is 14.7. The van der Waals surface area contributed by atoms with Crippen molar-refractivity contribution < 1.29 is 9.59 Å². The van der Waals surface area contributed by atoms with E-state index in [-0.39, 0.29) is 17.9 Å². The number of thiazole rings is 1. The number of nitrogens with one attached hydrogen (secondary N) is 2. The van der Waals surface area contributed by atoms with Crippen LogP contribution < -0.4 is 15.5 Å². The lowest BCUT2D eigenvalue weighted by Gasteiger charge is -2.32. The van der Waals surface area contributed by atoms with Gasteiger partial charge in [-0.05, 0) is 36.6 Å². The Kier molecular flexibility index (Phi) is 6.01. The average molecular weight is 370 g/mol. The highest BCUT2D eigenvalue weighted by atomic mass is 32.1. The summed E-state index contributed by atoms with van der Waals surface area (Å²) in [7, 11) is 0. The van der Waals surface area contributed by atoms with Gasteiger partial charge in [0.1, 0.15) is 0 Å². The summed E-state index contributed by atoms with van der Waals surface area (Å²) < 4.78 is 0. The maximum Gasteiger partial charge on any atom is 0.251 e. The van der Waals surface area contributed by atoms with E-state index in [9.17, 15) is 9.59 Å². The number of carbonyl (C=O) groups excluding carboxylic acids is 2. The van der Waals surface area contributed by atoms with Crippen molar-refractivity contribution in [1.29, 1.82) is 0 Å². The van der Waals surface area contributed by atoms with E-state index in [2.05, 4.69) is 27.1 Å². The molecule has 136 valence electrons. The van der Waals surface area contributed by atoms with Crippen molar-refractivity contribution in [2.45, 2.75) is 25.4 Å². The number of hydrogen-bond acceptors (Lipinski definition) is 5. The summed E-state index contributed by atoms with van der Waals surface area (Å²) in [5, 5.41) is 8.86. The zero-order chi connectivity index (χ0) is 18.4. The highest BCUT2D eigenvalue weighted by Gasteiger charge is 2.22. The minimum atomic E-state index is -0.212. The molecule has 3 rings (SSSR count). The molecular weight excluding hydrogens is 348 g/mol. The van der Waals surface area contributed by atoms with Crippen LogP contribution >= 0.6 is 11.3 Å². The second-order valence-corrected chi connectivity index (χ2v) is 7.04. The zero-order valence-corrected chi connectivity index (χ0v) is 15.3. The molecule has 0 bridgehead atoms. The molecule has 7 heteroatoms. The maximum absolute atomic E-state index is 12.4. The van der Waals surface area contributed by atoms with Gasteiger partial charge in [-0.3, -0.25) is 9.59 Å².